The normalized spacial score (nSPS) is 10.4. The molecular formula is C9H6ClFN2S. The summed E-state index contributed by atoms with van der Waals surface area (Å²) in [5.74, 6) is -0.359. The van der Waals surface area contributed by atoms with E-state index < -0.39 is 0 Å². The maximum atomic E-state index is 12.7. The van der Waals surface area contributed by atoms with Crippen LogP contribution in [0.5, 0.6) is 0 Å². The Morgan fingerprint density at radius 3 is 2.79 bits per heavy atom. The molecule has 0 bridgehead atoms. The van der Waals surface area contributed by atoms with Crippen molar-refractivity contribution < 1.29 is 4.39 Å². The second kappa shape index (κ2) is 3.55. The fourth-order valence-electron chi connectivity index (χ4n) is 1.11. The number of anilines is 1. The number of nitrogen functional groups attached to an aromatic ring is 1. The van der Waals surface area contributed by atoms with Crippen LogP contribution in [0.25, 0.3) is 11.3 Å². The van der Waals surface area contributed by atoms with Crippen LogP contribution in [0.4, 0.5) is 9.52 Å². The average Bonchev–Trinajstić information content (AvgIpc) is 2.51. The molecule has 0 aliphatic heterocycles. The Hall–Kier alpha value is -1.13. The summed E-state index contributed by atoms with van der Waals surface area (Å²) in [5.41, 5.74) is 6.86. The van der Waals surface area contributed by atoms with Crippen LogP contribution in [-0.4, -0.2) is 4.98 Å². The Morgan fingerprint density at radius 1 is 1.43 bits per heavy atom. The lowest BCUT2D eigenvalue weighted by molar-refractivity contribution is 0.628. The zero-order chi connectivity index (χ0) is 10.1. The van der Waals surface area contributed by atoms with Gasteiger partial charge in [0.15, 0.2) is 5.13 Å². The van der Waals surface area contributed by atoms with Gasteiger partial charge in [-0.2, -0.15) is 0 Å². The molecule has 0 amide bonds. The first-order valence-corrected chi connectivity index (χ1v) is 5.09. The molecule has 1 heterocycles. The molecule has 0 unspecified atom stereocenters. The Labute approximate surface area is 89.2 Å². The lowest BCUT2D eigenvalue weighted by Gasteiger charge is -1.99. The third-order valence-electron chi connectivity index (χ3n) is 1.73. The van der Waals surface area contributed by atoms with E-state index in [1.807, 2.05) is 0 Å². The molecular weight excluding hydrogens is 223 g/mol. The van der Waals surface area contributed by atoms with Crippen molar-refractivity contribution in [1.29, 1.82) is 0 Å². The van der Waals surface area contributed by atoms with Crippen LogP contribution in [0.3, 0.4) is 0 Å². The summed E-state index contributed by atoms with van der Waals surface area (Å²) in [6.45, 7) is 0. The van der Waals surface area contributed by atoms with Crippen LogP contribution in [0, 0.1) is 5.82 Å². The number of aromatic nitrogens is 1. The summed E-state index contributed by atoms with van der Waals surface area (Å²) >= 11 is 7.18. The van der Waals surface area contributed by atoms with Gasteiger partial charge in [-0.05, 0) is 18.2 Å². The van der Waals surface area contributed by atoms with E-state index in [0.717, 1.165) is 0 Å². The van der Waals surface area contributed by atoms with E-state index in [-0.39, 0.29) is 5.82 Å². The van der Waals surface area contributed by atoms with Gasteiger partial charge in [-0.1, -0.05) is 11.6 Å². The van der Waals surface area contributed by atoms with Crippen LogP contribution in [0.15, 0.2) is 23.6 Å². The molecule has 0 aliphatic carbocycles. The molecule has 1 aromatic carbocycles. The first-order valence-electron chi connectivity index (χ1n) is 3.83. The first kappa shape index (κ1) is 9.43. The minimum absolute atomic E-state index is 0.343. The van der Waals surface area contributed by atoms with Crippen molar-refractivity contribution in [3.63, 3.8) is 0 Å². The molecule has 0 fully saturated rings. The third kappa shape index (κ3) is 1.71. The molecule has 2 rings (SSSR count). The van der Waals surface area contributed by atoms with Gasteiger partial charge < -0.3 is 5.73 Å². The highest BCUT2D eigenvalue weighted by molar-refractivity contribution is 7.13. The van der Waals surface area contributed by atoms with E-state index in [2.05, 4.69) is 4.98 Å². The monoisotopic (exact) mass is 228 g/mol. The van der Waals surface area contributed by atoms with Gasteiger partial charge in [0.25, 0.3) is 0 Å². The topological polar surface area (TPSA) is 38.9 Å². The molecule has 0 radical (unpaired) electrons. The average molecular weight is 229 g/mol. The second-order valence-corrected chi connectivity index (χ2v) is 3.99. The second-order valence-electron chi connectivity index (χ2n) is 2.70. The molecule has 0 spiro atoms. The summed E-state index contributed by atoms with van der Waals surface area (Å²) in [5, 5.41) is 2.60. The molecule has 0 saturated heterocycles. The maximum absolute atomic E-state index is 12.7. The van der Waals surface area contributed by atoms with Gasteiger partial charge in [0.1, 0.15) is 5.82 Å². The predicted molar refractivity (Wildman–Crippen MR) is 56.9 cm³/mol. The van der Waals surface area contributed by atoms with E-state index >= 15 is 0 Å². The minimum atomic E-state index is -0.359. The molecule has 0 aliphatic rings. The van der Waals surface area contributed by atoms with E-state index in [1.54, 1.807) is 11.4 Å². The maximum Gasteiger partial charge on any atom is 0.180 e. The Bertz CT molecular complexity index is 470. The van der Waals surface area contributed by atoms with E-state index in [1.165, 1.54) is 23.5 Å². The fraction of sp³-hybridized carbons (Fsp3) is 0. The summed E-state index contributed by atoms with van der Waals surface area (Å²) < 4.78 is 12.7. The Balaban J connectivity index is 2.52. The zero-order valence-electron chi connectivity index (χ0n) is 7.00. The van der Waals surface area contributed by atoms with E-state index in [9.17, 15) is 4.39 Å². The molecule has 2 nitrogen and oxygen atoms in total. The van der Waals surface area contributed by atoms with E-state index in [4.69, 9.17) is 17.3 Å². The number of hydrogen-bond donors (Lipinski definition) is 1. The van der Waals surface area contributed by atoms with E-state index in [0.29, 0.717) is 21.4 Å². The fourth-order valence-corrected chi connectivity index (χ4v) is 1.94. The smallest absolute Gasteiger partial charge is 0.180 e. The molecule has 2 aromatic rings. The highest BCUT2D eigenvalue weighted by Crippen LogP contribution is 2.29. The summed E-state index contributed by atoms with van der Waals surface area (Å²) in [7, 11) is 0. The number of halogens is 2. The van der Waals surface area contributed by atoms with Gasteiger partial charge in [0.2, 0.25) is 0 Å². The van der Waals surface area contributed by atoms with Crippen LogP contribution in [0.2, 0.25) is 5.02 Å². The van der Waals surface area contributed by atoms with Gasteiger partial charge in [0.05, 0.1) is 10.7 Å². The molecule has 0 atom stereocenters. The Morgan fingerprint density at radius 2 is 2.21 bits per heavy atom. The van der Waals surface area contributed by atoms with Crippen molar-refractivity contribution >= 4 is 28.1 Å². The first-order chi connectivity index (χ1) is 6.66. The van der Waals surface area contributed by atoms with Crippen molar-refractivity contribution in [2.24, 2.45) is 0 Å². The van der Waals surface area contributed by atoms with Crippen molar-refractivity contribution in [3.8, 4) is 11.3 Å². The minimum Gasteiger partial charge on any atom is -0.375 e. The van der Waals surface area contributed by atoms with Gasteiger partial charge in [-0.3, -0.25) is 0 Å². The van der Waals surface area contributed by atoms with Crippen molar-refractivity contribution in [1.82, 2.24) is 4.98 Å². The summed E-state index contributed by atoms with van der Waals surface area (Å²) in [6.07, 6.45) is 0. The van der Waals surface area contributed by atoms with Crippen LogP contribution in [0.1, 0.15) is 0 Å². The molecule has 72 valence electrons. The quantitative estimate of drug-likeness (QED) is 0.814. The predicted octanol–water partition coefficient (Wildman–Crippen LogP) is 3.18. The summed E-state index contributed by atoms with van der Waals surface area (Å²) in [4.78, 5) is 4.06. The van der Waals surface area contributed by atoms with Gasteiger partial charge >= 0.3 is 0 Å². The molecule has 14 heavy (non-hydrogen) atoms. The van der Waals surface area contributed by atoms with Crippen molar-refractivity contribution in [2.45, 2.75) is 0 Å². The largest absolute Gasteiger partial charge is 0.375 e. The highest BCUT2D eigenvalue weighted by Gasteiger charge is 2.07. The van der Waals surface area contributed by atoms with Crippen molar-refractivity contribution in [2.75, 3.05) is 5.73 Å². The number of rotatable bonds is 1. The molecule has 2 N–H and O–H groups in total. The number of benzene rings is 1. The lowest BCUT2D eigenvalue weighted by atomic mass is 10.2. The number of thiazole rings is 1. The van der Waals surface area contributed by atoms with Crippen LogP contribution in [-0.2, 0) is 0 Å². The van der Waals surface area contributed by atoms with Gasteiger partial charge in [0, 0.05) is 10.9 Å². The number of nitrogens with two attached hydrogens (primary N) is 1. The number of hydrogen-bond acceptors (Lipinski definition) is 3. The molecule has 0 saturated carbocycles. The molecule has 1 aromatic heterocycles. The standard InChI is InChI=1S/C9H6ClFN2S/c10-7-3-5(11)1-2-6(7)8-4-14-9(12)13-8/h1-4H,(H2,12,13). The van der Waals surface area contributed by atoms with Crippen molar-refractivity contribution in [3.05, 3.63) is 34.4 Å². The van der Waals surface area contributed by atoms with Crippen LogP contribution >= 0.6 is 22.9 Å². The lowest BCUT2D eigenvalue weighted by Crippen LogP contribution is -1.84. The third-order valence-corrected chi connectivity index (χ3v) is 2.72. The highest BCUT2D eigenvalue weighted by atomic mass is 35.5. The zero-order valence-corrected chi connectivity index (χ0v) is 8.57. The summed E-state index contributed by atoms with van der Waals surface area (Å²) in [6, 6.07) is 4.19. The Kier molecular flexibility index (Phi) is 2.39. The molecule has 5 heteroatoms. The van der Waals surface area contributed by atoms with Gasteiger partial charge in [-0.15, -0.1) is 11.3 Å². The van der Waals surface area contributed by atoms with Crippen LogP contribution < -0.4 is 5.73 Å². The number of nitrogens with zero attached hydrogens (tertiary/aromatic N) is 1. The SMILES string of the molecule is Nc1nc(-c2ccc(F)cc2Cl)cs1. The van der Waals surface area contributed by atoms with Gasteiger partial charge in [-0.25, -0.2) is 9.37 Å².